The zero-order valence-electron chi connectivity index (χ0n) is 18.2. The van der Waals surface area contributed by atoms with E-state index in [2.05, 4.69) is 27.8 Å². The number of aromatic nitrogens is 2. The zero-order chi connectivity index (χ0) is 21.1. The van der Waals surface area contributed by atoms with Crippen molar-refractivity contribution in [1.82, 2.24) is 9.55 Å². The molecule has 0 saturated heterocycles. The van der Waals surface area contributed by atoms with Crippen molar-refractivity contribution in [3.8, 4) is 23.0 Å². The summed E-state index contributed by atoms with van der Waals surface area (Å²) in [6.45, 7) is 0.975. The summed E-state index contributed by atoms with van der Waals surface area (Å²) in [5.41, 5.74) is 4.62. The average molecular weight is 411 g/mol. The molecule has 0 saturated carbocycles. The van der Waals surface area contributed by atoms with Crippen LogP contribution >= 0.6 is 0 Å². The Hall–Kier alpha value is -2.89. The van der Waals surface area contributed by atoms with Crippen LogP contribution < -0.4 is 18.9 Å². The van der Waals surface area contributed by atoms with E-state index in [1.165, 1.54) is 16.6 Å². The lowest BCUT2D eigenvalue weighted by Gasteiger charge is -2.21. The van der Waals surface area contributed by atoms with E-state index in [1.54, 1.807) is 28.4 Å². The Bertz CT molecular complexity index is 985. The number of para-hydroxylation sites is 2. The van der Waals surface area contributed by atoms with Gasteiger partial charge in [0.1, 0.15) is 0 Å². The lowest BCUT2D eigenvalue weighted by Crippen LogP contribution is -2.06. The molecule has 0 bridgehead atoms. The van der Waals surface area contributed by atoms with Gasteiger partial charge in [-0.05, 0) is 50.2 Å². The maximum atomic E-state index is 5.76. The van der Waals surface area contributed by atoms with Gasteiger partial charge in [-0.15, -0.1) is 0 Å². The van der Waals surface area contributed by atoms with E-state index in [0.717, 1.165) is 55.7 Å². The molecule has 3 aromatic rings. The van der Waals surface area contributed by atoms with Crippen LogP contribution in [0.4, 0.5) is 0 Å². The Morgan fingerprint density at radius 3 is 1.97 bits per heavy atom. The van der Waals surface area contributed by atoms with E-state index in [0.29, 0.717) is 17.4 Å². The number of methoxy groups -OCH3 is 4. The second-order valence-corrected chi connectivity index (χ2v) is 7.75. The van der Waals surface area contributed by atoms with Crippen LogP contribution in [0.3, 0.4) is 0 Å². The number of rotatable bonds is 7. The summed E-state index contributed by atoms with van der Waals surface area (Å²) in [5, 5.41) is 0. The number of hydrogen-bond acceptors (Lipinski definition) is 5. The van der Waals surface area contributed by atoms with Gasteiger partial charge in [0.2, 0.25) is 11.5 Å². The normalized spacial score (nSPS) is 14.3. The predicted molar refractivity (Wildman–Crippen MR) is 117 cm³/mol. The van der Waals surface area contributed by atoms with Crippen molar-refractivity contribution in [1.29, 1.82) is 0 Å². The van der Waals surface area contributed by atoms with Crippen molar-refractivity contribution in [2.24, 2.45) is 5.92 Å². The first kappa shape index (κ1) is 20.4. The smallest absolute Gasteiger partial charge is 0.207 e. The third-order valence-electron chi connectivity index (χ3n) is 6.26. The molecule has 0 aliphatic heterocycles. The van der Waals surface area contributed by atoms with Crippen molar-refractivity contribution >= 4 is 11.0 Å². The van der Waals surface area contributed by atoms with Crippen molar-refractivity contribution in [3.63, 3.8) is 0 Å². The molecule has 4 rings (SSSR count). The minimum atomic E-state index is 0.610. The molecule has 0 radical (unpaired) electrons. The molecule has 1 aliphatic carbocycles. The maximum Gasteiger partial charge on any atom is 0.207 e. The van der Waals surface area contributed by atoms with E-state index >= 15 is 0 Å². The third kappa shape index (κ3) is 3.55. The Morgan fingerprint density at radius 1 is 0.833 bits per heavy atom. The van der Waals surface area contributed by atoms with Gasteiger partial charge in [-0.2, -0.15) is 0 Å². The van der Waals surface area contributed by atoms with Gasteiger partial charge in [0, 0.05) is 17.7 Å². The van der Waals surface area contributed by atoms with Gasteiger partial charge in [-0.1, -0.05) is 12.1 Å². The van der Waals surface area contributed by atoms with Gasteiger partial charge in [0.15, 0.2) is 11.5 Å². The number of benzene rings is 2. The fraction of sp³-hybridized carbons (Fsp3) is 0.458. The SMILES string of the molecule is COc1c2c(c(OC)c(OC)c1OC)CCC(CCn1cnc3ccccc31)CC2. The molecule has 0 N–H and O–H groups in total. The third-order valence-corrected chi connectivity index (χ3v) is 6.26. The van der Waals surface area contributed by atoms with E-state index in [4.69, 9.17) is 18.9 Å². The molecule has 6 heteroatoms. The minimum absolute atomic E-state index is 0.610. The predicted octanol–water partition coefficient (Wildman–Crippen LogP) is 4.66. The molecule has 6 nitrogen and oxygen atoms in total. The molecule has 2 aromatic carbocycles. The Kier molecular flexibility index (Phi) is 6.02. The number of aryl methyl sites for hydroxylation is 1. The molecule has 0 unspecified atom stereocenters. The molecule has 0 amide bonds. The maximum absolute atomic E-state index is 5.76. The first-order chi connectivity index (χ1) is 14.7. The van der Waals surface area contributed by atoms with Crippen LogP contribution in [0.1, 0.15) is 30.4 Å². The van der Waals surface area contributed by atoms with Gasteiger partial charge in [-0.3, -0.25) is 0 Å². The highest BCUT2D eigenvalue weighted by Crippen LogP contribution is 2.51. The van der Waals surface area contributed by atoms with Gasteiger partial charge < -0.3 is 23.5 Å². The largest absolute Gasteiger partial charge is 0.492 e. The van der Waals surface area contributed by atoms with Gasteiger partial charge in [0.05, 0.1) is 45.8 Å². The summed E-state index contributed by atoms with van der Waals surface area (Å²) in [4.78, 5) is 4.52. The van der Waals surface area contributed by atoms with E-state index in [1.807, 2.05) is 12.4 Å². The Labute approximate surface area is 177 Å². The molecule has 0 atom stereocenters. The Morgan fingerprint density at radius 2 is 1.40 bits per heavy atom. The highest BCUT2D eigenvalue weighted by Gasteiger charge is 2.29. The van der Waals surface area contributed by atoms with Crippen molar-refractivity contribution < 1.29 is 18.9 Å². The van der Waals surface area contributed by atoms with Crippen LogP contribution in [0.5, 0.6) is 23.0 Å². The molecule has 160 valence electrons. The fourth-order valence-corrected chi connectivity index (χ4v) is 4.73. The van der Waals surface area contributed by atoms with Gasteiger partial charge >= 0.3 is 0 Å². The second kappa shape index (κ2) is 8.86. The average Bonchev–Trinajstić information content (AvgIpc) is 3.08. The summed E-state index contributed by atoms with van der Waals surface area (Å²) in [6, 6.07) is 8.31. The summed E-state index contributed by atoms with van der Waals surface area (Å²) in [6.07, 6.45) is 7.16. The summed E-state index contributed by atoms with van der Waals surface area (Å²) in [7, 11) is 6.66. The van der Waals surface area contributed by atoms with Crippen LogP contribution in [0.2, 0.25) is 0 Å². The summed E-state index contributed by atoms with van der Waals surface area (Å²) < 4.78 is 25.1. The highest BCUT2D eigenvalue weighted by molar-refractivity contribution is 5.74. The molecule has 1 aliphatic rings. The molecular formula is C24H30N2O4. The monoisotopic (exact) mass is 410 g/mol. The first-order valence-corrected chi connectivity index (χ1v) is 10.5. The Balaban J connectivity index is 1.56. The van der Waals surface area contributed by atoms with Crippen molar-refractivity contribution in [2.45, 2.75) is 38.6 Å². The van der Waals surface area contributed by atoms with E-state index < -0.39 is 0 Å². The minimum Gasteiger partial charge on any atom is -0.492 e. The number of imidazole rings is 1. The molecule has 0 spiro atoms. The summed E-state index contributed by atoms with van der Waals surface area (Å²) >= 11 is 0. The van der Waals surface area contributed by atoms with Crippen LogP contribution in [-0.4, -0.2) is 38.0 Å². The molecule has 30 heavy (non-hydrogen) atoms. The number of fused-ring (bicyclic) bond motifs is 2. The van der Waals surface area contributed by atoms with Crippen molar-refractivity contribution in [2.75, 3.05) is 28.4 Å². The quantitative estimate of drug-likeness (QED) is 0.531. The van der Waals surface area contributed by atoms with Crippen LogP contribution in [0.25, 0.3) is 11.0 Å². The second-order valence-electron chi connectivity index (χ2n) is 7.75. The lowest BCUT2D eigenvalue weighted by atomic mass is 9.96. The van der Waals surface area contributed by atoms with Crippen LogP contribution in [0, 0.1) is 5.92 Å². The number of ether oxygens (including phenoxy) is 4. The molecule has 0 fully saturated rings. The first-order valence-electron chi connectivity index (χ1n) is 10.5. The van der Waals surface area contributed by atoms with Crippen LogP contribution in [-0.2, 0) is 19.4 Å². The molecule has 1 aromatic heterocycles. The lowest BCUT2D eigenvalue weighted by molar-refractivity contribution is 0.302. The number of hydrogen-bond donors (Lipinski definition) is 0. The van der Waals surface area contributed by atoms with Crippen LogP contribution in [0.15, 0.2) is 30.6 Å². The van der Waals surface area contributed by atoms with Gasteiger partial charge in [0.25, 0.3) is 0 Å². The standard InChI is InChI=1S/C24H30N2O4/c1-27-21-17-11-9-16(13-14-26-15-25-19-7-5-6-8-20(19)26)10-12-18(17)22(28-2)24(30-4)23(21)29-3/h5-8,15-16H,9-14H2,1-4H3. The molecular weight excluding hydrogens is 380 g/mol. The molecule has 1 heterocycles. The fourth-order valence-electron chi connectivity index (χ4n) is 4.73. The van der Waals surface area contributed by atoms with Gasteiger partial charge in [-0.25, -0.2) is 4.98 Å². The highest BCUT2D eigenvalue weighted by atomic mass is 16.5. The summed E-state index contributed by atoms with van der Waals surface area (Å²) in [5.74, 6) is 3.38. The van der Waals surface area contributed by atoms with Crippen molar-refractivity contribution in [3.05, 3.63) is 41.7 Å². The number of nitrogens with zero attached hydrogens (tertiary/aromatic N) is 2. The zero-order valence-corrected chi connectivity index (χ0v) is 18.2. The van der Waals surface area contributed by atoms with E-state index in [-0.39, 0.29) is 0 Å². The van der Waals surface area contributed by atoms with E-state index in [9.17, 15) is 0 Å². The topological polar surface area (TPSA) is 54.7 Å².